The summed E-state index contributed by atoms with van der Waals surface area (Å²) in [7, 11) is 2.21. The SMILES string of the molecule is C=C1CC(C)(C)Cc2c(-c3ccn[nH]3)sc(N3CCN(C)CC3)c21. The lowest BCUT2D eigenvalue weighted by molar-refractivity contribution is 0.313. The normalized spacial score (nSPS) is 21.1. The van der Waals surface area contributed by atoms with Gasteiger partial charge in [-0.25, -0.2) is 0 Å². The Morgan fingerprint density at radius 3 is 2.62 bits per heavy atom. The van der Waals surface area contributed by atoms with Crippen LogP contribution < -0.4 is 4.90 Å². The Morgan fingerprint density at radius 2 is 1.96 bits per heavy atom. The van der Waals surface area contributed by atoms with E-state index in [2.05, 4.69) is 53.5 Å². The average molecular weight is 343 g/mol. The summed E-state index contributed by atoms with van der Waals surface area (Å²) in [5.74, 6) is 0. The number of nitrogens with zero attached hydrogens (tertiary/aromatic N) is 3. The number of allylic oxidation sites excluding steroid dienone is 1. The van der Waals surface area contributed by atoms with Gasteiger partial charge in [-0.05, 0) is 42.5 Å². The van der Waals surface area contributed by atoms with Crippen LogP contribution in [0.15, 0.2) is 18.8 Å². The molecule has 0 unspecified atom stereocenters. The topological polar surface area (TPSA) is 35.2 Å². The van der Waals surface area contributed by atoms with E-state index in [0.717, 1.165) is 44.7 Å². The predicted octanol–water partition coefficient (Wildman–Crippen LogP) is 3.88. The number of piperazine rings is 1. The van der Waals surface area contributed by atoms with Crippen LogP contribution in [0.3, 0.4) is 0 Å². The van der Waals surface area contributed by atoms with E-state index in [0.29, 0.717) is 0 Å². The van der Waals surface area contributed by atoms with Gasteiger partial charge in [-0.15, -0.1) is 11.3 Å². The highest BCUT2D eigenvalue weighted by Crippen LogP contribution is 2.52. The van der Waals surface area contributed by atoms with Gasteiger partial charge in [0.05, 0.1) is 15.6 Å². The summed E-state index contributed by atoms with van der Waals surface area (Å²) in [5.41, 5.74) is 5.62. The molecule has 2 aromatic heterocycles. The van der Waals surface area contributed by atoms with Gasteiger partial charge < -0.3 is 9.80 Å². The van der Waals surface area contributed by atoms with E-state index in [4.69, 9.17) is 0 Å². The summed E-state index contributed by atoms with van der Waals surface area (Å²) >= 11 is 1.92. The van der Waals surface area contributed by atoms with Crippen molar-refractivity contribution in [3.8, 4) is 10.6 Å². The summed E-state index contributed by atoms with van der Waals surface area (Å²) in [4.78, 5) is 6.32. The molecule has 5 heteroatoms. The van der Waals surface area contributed by atoms with E-state index in [1.54, 1.807) is 0 Å². The van der Waals surface area contributed by atoms with Crippen molar-refractivity contribution < 1.29 is 0 Å². The first kappa shape index (κ1) is 15.9. The maximum Gasteiger partial charge on any atom is 0.0995 e. The van der Waals surface area contributed by atoms with Crippen LogP contribution in [0.2, 0.25) is 0 Å². The van der Waals surface area contributed by atoms with Gasteiger partial charge in [-0.2, -0.15) is 5.10 Å². The molecule has 0 atom stereocenters. The molecule has 0 radical (unpaired) electrons. The fraction of sp³-hybridized carbons (Fsp3) is 0.526. The molecule has 4 nitrogen and oxygen atoms in total. The molecule has 0 aromatic carbocycles. The van der Waals surface area contributed by atoms with Crippen molar-refractivity contribution >= 4 is 21.9 Å². The Labute approximate surface area is 148 Å². The Morgan fingerprint density at radius 1 is 1.21 bits per heavy atom. The lowest BCUT2D eigenvalue weighted by Gasteiger charge is -2.36. The van der Waals surface area contributed by atoms with Gasteiger partial charge in [-0.1, -0.05) is 20.4 Å². The third kappa shape index (κ3) is 2.70. The minimum Gasteiger partial charge on any atom is -0.360 e. The maximum absolute atomic E-state index is 4.46. The molecule has 0 bridgehead atoms. The molecule has 4 rings (SSSR count). The molecule has 128 valence electrons. The van der Waals surface area contributed by atoms with Crippen molar-refractivity contribution in [2.24, 2.45) is 5.41 Å². The van der Waals surface area contributed by atoms with E-state index in [9.17, 15) is 0 Å². The zero-order valence-corrected chi connectivity index (χ0v) is 15.7. The van der Waals surface area contributed by atoms with E-state index in [-0.39, 0.29) is 5.41 Å². The standard InChI is InChI=1S/C19H26N4S/c1-13-11-19(2,3)12-14-16(13)18(23-9-7-22(4)8-10-23)24-17(14)15-5-6-20-21-15/h5-6H,1,7-12H2,2-4H3,(H,20,21). The molecular formula is C19H26N4S. The van der Waals surface area contributed by atoms with Crippen LogP contribution in [0.1, 0.15) is 31.4 Å². The Bertz CT molecular complexity index is 749. The number of nitrogens with one attached hydrogen (secondary N) is 1. The van der Waals surface area contributed by atoms with Gasteiger partial charge in [0.2, 0.25) is 0 Å². The molecule has 0 spiro atoms. The first-order valence-electron chi connectivity index (χ1n) is 8.72. The molecular weight excluding hydrogens is 316 g/mol. The monoisotopic (exact) mass is 342 g/mol. The summed E-state index contributed by atoms with van der Waals surface area (Å²) in [6.45, 7) is 13.6. The number of hydrogen-bond donors (Lipinski definition) is 1. The highest BCUT2D eigenvalue weighted by Gasteiger charge is 2.35. The Hall–Kier alpha value is -1.59. The predicted molar refractivity (Wildman–Crippen MR) is 103 cm³/mol. The van der Waals surface area contributed by atoms with Crippen molar-refractivity contribution in [2.45, 2.75) is 26.7 Å². The molecule has 0 amide bonds. The van der Waals surface area contributed by atoms with Crippen molar-refractivity contribution in [2.75, 3.05) is 38.1 Å². The number of H-pyrrole nitrogens is 1. The van der Waals surface area contributed by atoms with E-state index < -0.39 is 0 Å². The highest BCUT2D eigenvalue weighted by molar-refractivity contribution is 7.20. The van der Waals surface area contributed by atoms with Gasteiger partial charge >= 0.3 is 0 Å². The van der Waals surface area contributed by atoms with Crippen LogP contribution in [0.4, 0.5) is 5.00 Å². The van der Waals surface area contributed by atoms with Crippen molar-refractivity contribution in [1.29, 1.82) is 0 Å². The van der Waals surface area contributed by atoms with Gasteiger partial charge in [0.15, 0.2) is 0 Å². The van der Waals surface area contributed by atoms with E-state index in [1.807, 2.05) is 17.5 Å². The summed E-state index contributed by atoms with van der Waals surface area (Å²) in [6.07, 6.45) is 4.04. The van der Waals surface area contributed by atoms with Gasteiger partial charge in [0, 0.05) is 37.9 Å². The lowest BCUT2D eigenvalue weighted by atomic mass is 9.72. The second-order valence-electron chi connectivity index (χ2n) is 7.97. The van der Waals surface area contributed by atoms with Crippen molar-refractivity contribution in [3.05, 3.63) is 30.0 Å². The summed E-state index contributed by atoms with van der Waals surface area (Å²) in [5, 5.41) is 8.77. The third-order valence-corrected chi connectivity index (χ3v) is 6.55. The molecule has 1 aliphatic carbocycles. The van der Waals surface area contributed by atoms with E-state index >= 15 is 0 Å². The first-order chi connectivity index (χ1) is 11.4. The van der Waals surface area contributed by atoms with E-state index in [1.165, 1.54) is 26.6 Å². The first-order valence-corrected chi connectivity index (χ1v) is 9.53. The van der Waals surface area contributed by atoms with Crippen LogP contribution in [0.5, 0.6) is 0 Å². The largest absolute Gasteiger partial charge is 0.360 e. The van der Waals surface area contributed by atoms with Gasteiger partial charge in [0.25, 0.3) is 0 Å². The highest BCUT2D eigenvalue weighted by atomic mass is 32.1. The van der Waals surface area contributed by atoms with Crippen LogP contribution in [-0.4, -0.2) is 48.3 Å². The number of thiophene rings is 1. The number of likely N-dealkylation sites (N-methyl/N-ethyl adjacent to an activating group) is 1. The summed E-state index contributed by atoms with van der Waals surface area (Å²) < 4.78 is 0. The molecule has 0 saturated carbocycles. The van der Waals surface area contributed by atoms with Crippen LogP contribution in [0.25, 0.3) is 16.1 Å². The third-order valence-electron chi connectivity index (χ3n) is 5.23. The number of rotatable bonds is 2. The van der Waals surface area contributed by atoms with Crippen molar-refractivity contribution in [3.63, 3.8) is 0 Å². The molecule has 1 saturated heterocycles. The molecule has 1 N–H and O–H groups in total. The fourth-order valence-corrected chi connectivity index (χ4v) is 5.42. The molecule has 2 aliphatic rings. The number of anilines is 1. The minimum absolute atomic E-state index is 0.277. The summed E-state index contributed by atoms with van der Waals surface area (Å²) in [6, 6.07) is 2.09. The van der Waals surface area contributed by atoms with Crippen molar-refractivity contribution in [1.82, 2.24) is 15.1 Å². The number of aromatic nitrogens is 2. The second-order valence-corrected chi connectivity index (χ2v) is 8.97. The zero-order chi connectivity index (χ0) is 16.9. The molecule has 2 aromatic rings. The maximum atomic E-state index is 4.46. The smallest absolute Gasteiger partial charge is 0.0995 e. The number of hydrogen-bond acceptors (Lipinski definition) is 4. The second kappa shape index (κ2) is 5.74. The quantitative estimate of drug-likeness (QED) is 0.900. The number of fused-ring (bicyclic) bond motifs is 1. The lowest BCUT2D eigenvalue weighted by Crippen LogP contribution is -2.44. The zero-order valence-electron chi connectivity index (χ0n) is 14.9. The van der Waals surface area contributed by atoms with Gasteiger partial charge in [-0.3, -0.25) is 5.10 Å². The molecule has 1 aliphatic heterocycles. The van der Waals surface area contributed by atoms with Crippen LogP contribution in [0, 0.1) is 5.41 Å². The Balaban J connectivity index is 1.82. The minimum atomic E-state index is 0.277. The molecule has 24 heavy (non-hydrogen) atoms. The van der Waals surface area contributed by atoms with Crippen LogP contribution in [-0.2, 0) is 6.42 Å². The average Bonchev–Trinajstić information content (AvgIpc) is 3.14. The molecule has 1 fully saturated rings. The fourth-order valence-electron chi connectivity index (χ4n) is 4.02. The number of aromatic amines is 1. The van der Waals surface area contributed by atoms with Gasteiger partial charge in [0.1, 0.15) is 0 Å². The Kier molecular flexibility index (Phi) is 3.81. The van der Waals surface area contributed by atoms with Crippen LogP contribution >= 0.6 is 11.3 Å². The molecule has 3 heterocycles.